The fraction of sp³-hybridized carbons (Fsp3) is 0.286. The summed E-state index contributed by atoms with van der Waals surface area (Å²) in [5, 5.41) is 5.29. The number of fused-ring (bicyclic) bond motifs is 1. The van der Waals surface area contributed by atoms with Gasteiger partial charge in [0.25, 0.3) is 5.91 Å². The van der Waals surface area contributed by atoms with Crippen LogP contribution in [0.15, 0.2) is 23.7 Å². The van der Waals surface area contributed by atoms with Crippen molar-refractivity contribution in [1.82, 2.24) is 10.3 Å². The van der Waals surface area contributed by atoms with E-state index in [4.69, 9.17) is 17.3 Å². The number of nitrogens with two attached hydrogens (primary N) is 1. The van der Waals surface area contributed by atoms with Crippen molar-refractivity contribution in [3.63, 3.8) is 0 Å². The first-order valence-electron chi connectivity index (χ1n) is 6.43. The second-order valence-corrected chi connectivity index (χ2v) is 6.18. The largest absolute Gasteiger partial charge is 0.397 e. The molecule has 2 aromatic heterocycles. The number of hydrogen-bond acceptors (Lipinski definition) is 4. The van der Waals surface area contributed by atoms with Gasteiger partial charge in [0.2, 0.25) is 0 Å². The number of nitrogen functional groups attached to an aromatic ring is 1. The number of amides is 1. The SMILES string of the molecule is Nc1cnc(Cl)c(C(=O)NC2CCCc3sccc32)c1. The van der Waals surface area contributed by atoms with E-state index in [1.54, 1.807) is 17.4 Å². The Hall–Kier alpha value is -1.59. The molecule has 1 aliphatic carbocycles. The van der Waals surface area contributed by atoms with Gasteiger partial charge >= 0.3 is 0 Å². The lowest BCUT2D eigenvalue weighted by Gasteiger charge is -2.23. The number of anilines is 1. The number of hydrogen-bond donors (Lipinski definition) is 2. The maximum absolute atomic E-state index is 12.3. The molecule has 0 bridgehead atoms. The number of pyridine rings is 1. The van der Waals surface area contributed by atoms with Gasteiger partial charge in [0.1, 0.15) is 5.15 Å². The van der Waals surface area contributed by atoms with Crippen LogP contribution in [0.1, 0.15) is 39.7 Å². The van der Waals surface area contributed by atoms with Gasteiger partial charge in [0.15, 0.2) is 0 Å². The molecule has 104 valence electrons. The van der Waals surface area contributed by atoms with Crippen molar-refractivity contribution in [2.75, 3.05) is 5.73 Å². The van der Waals surface area contributed by atoms with Crippen LogP contribution in [0, 0.1) is 0 Å². The fourth-order valence-corrected chi connectivity index (χ4v) is 3.67. The third-order valence-corrected chi connectivity index (χ3v) is 4.76. The lowest BCUT2D eigenvalue weighted by atomic mass is 9.94. The number of aromatic nitrogens is 1. The molecule has 0 aliphatic heterocycles. The normalized spacial score (nSPS) is 17.6. The van der Waals surface area contributed by atoms with E-state index in [1.807, 2.05) is 0 Å². The molecule has 0 spiro atoms. The first kappa shape index (κ1) is 13.4. The van der Waals surface area contributed by atoms with Gasteiger partial charge < -0.3 is 11.1 Å². The summed E-state index contributed by atoms with van der Waals surface area (Å²) in [4.78, 5) is 17.6. The molecule has 1 amide bonds. The lowest BCUT2D eigenvalue weighted by molar-refractivity contribution is 0.0933. The molecular formula is C14H14ClN3OS. The Morgan fingerprint density at radius 2 is 2.40 bits per heavy atom. The van der Waals surface area contributed by atoms with Gasteiger partial charge in [-0.1, -0.05) is 11.6 Å². The second-order valence-electron chi connectivity index (χ2n) is 4.82. The zero-order chi connectivity index (χ0) is 14.1. The molecule has 20 heavy (non-hydrogen) atoms. The smallest absolute Gasteiger partial charge is 0.254 e. The number of halogens is 1. The molecule has 2 heterocycles. The van der Waals surface area contributed by atoms with E-state index in [0.717, 1.165) is 19.3 Å². The lowest BCUT2D eigenvalue weighted by Crippen LogP contribution is -2.30. The summed E-state index contributed by atoms with van der Waals surface area (Å²) in [6.45, 7) is 0. The first-order valence-corrected chi connectivity index (χ1v) is 7.69. The highest BCUT2D eigenvalue weighted by Crippen LogP contribution is 2.33. The highest BCUT2D eigenvalue weighted by atomic mass is 35.5. The average molecular weight is 308 g/mol. The van der Waals surface area contributed by atoms with Crippen LogP contribution in [0.3, 0.4) is 0 Å². The average Bonchev–Trinajstić information content (AvgIpc) is 2.91. The molecule has 4 nitrogen and oxygen atoms in total. The second kappa shape index (κ2) is 5.42. The maximum atomic E-state index is 12.3. The quantitative estimate of drug-likeness (QED) is 0.837. The Kier molecular flexibility index (Phi) is 3.63. The third-order valence-electron chi connectivity index (χ3n) is 3.46. The van der Waals surface area contributed by atoms with Crippen LogP contribution in [0.4, 0.5) is 5.69 Å². The van der Waals surface area contributed by atoms with Gasteiger partial charge in [-0.2, -0.15) is 0 Å². The van der Waals surface area contributed by atoms with Crippen LogP contribution in [-0.4, -0.2) is 10.9 Å². The molecule has 0 saturated carbocycles. The molecule has 0 aromatic carbocycles. The molecule has 3 rings (SSSR count). The number of carbonyl (C=O) groups excluding carboxylic acids is 1. The standard InChI is InChI=1S/C14H14ClN3OS/c15-13-10(6-8(16)7-17-13)14(19)18-11-2-1-3-12-9(11)4-5-20-12/h4-7,11H,1-3,16H2,(H,18,19). The minimum atomic E-state index is -0.223. The Morgan fingerprint density at radius 3 is 3.25 bits per heavy atom. The third kappa shape index (κ3) is 2.51. The van der Waals surface area contributed by atoms with E-state index in [9.17, 15) is 4.79 Å². The van der Waals surface area contributed by atoms with Gasteiger partial charge in [-0.15, -0.1) is 11.3 Å². The molecule has 1 aliphatic rings. The number of carbonyl (C=O) groups is 1. The van der Waals surface area contributed by atoms with Gasteiger partial charge in [0.05, 0.1) is 23.5 Å². The van der Waals surface area contributed by atoms with Crippen molar-refractivity contribution in [1.29, 1.82) is 0 Å². The summed E-state index contributed by atoms with van der Waals surface area (Å²) < 4.78 is 0. The molecule has 1 unspecified atom stereocenters. The van der Waals surface area contributed by atoms with Crippen LogP contribution in [0.5, 0.6) is 0 Å². The van der Waals surface area contributed by atoms with E-state index in [1.165, 1.54) is 16.6 Å². The van der Waals surface area contributed by atoms with Crippen molar-refractivity contribution in [3.8, 4) is 0 Å². The number of nitrogens with zero attached hydrogens (tertiary/aromatic N) is 1. The Balaban J connectivity index is 1.82. The molecule has 0 radical (unpaired) electrons. The minimum absolute atomic E-state index is 0.0509. The van der Waals surface area contributed by atoms with Crippen LogP contribution in [0.25, 0.3) is 0 Å². The van der Waals surface area contributed by atoms with Crippen molar-refractivity contribution < 1.29 is 4.79 Å². The number of rotatable bonds is 2. The van der Waals surface area contributed by atoms with Crippen molar-refractivity contribution >= 4 is 34.5 Å². The highest BCUT2D eigenvalue weighted by molar-refractivity contribution is 7.10. The van der Waals surface area contributed by atoms with Crippen molar-refractivity contribution in [3.05, 3.63) is 44.9 Å². The molecule has 2 aromatic rings. The molecule has 0 saturated heterocycles. The summed E-state index contributed by atoms with van der Waals surface area (Å²) in [6, 6.07) is 3.70. The van der Waals surface area contributed by atoms with E-state index < -0.39 is 0 Å². The molecule has 6 heteroatoms. The summed E-state index contributed by atoms with van der Waals surface area (Å²) in [6.07, 6.45) is 4.57. The van der Waals surface area contributed by atoms with Crippen LogP contribution in [0.2, 0.25) is 5.15 Å². The first-order chi connectivity index (χ1) is 9.65. The zero-order valence-corrected chi connectivity index (χ0v) is 12.3. The van der Waals surface area contributed by atoms with Crippen LogP contribution in [-0.2, 0) is 6.42 Å². The predicted molar refractivity (Wildman–Crippen MR) is 81.1 cm³/mol. The minimum Gasteiger partial charge on any atom is -0.397 e. The topological polar surface area (TPSA) is 68.0 Å². The van der Waals surface area contributed by atoms with Gasteiger partial charge in [-0.25, -0.2) is 4.98 Å². The summed E-state index contributed by atoms with van der Waals surface area (Å²) in [5.41, 5.74) is 7.64. The van der Waals surface area contributed by atoms with E-state index >= 15 is 0 Å². The number of aryl methyl sites for hydroxylation is 1. The van der Waals surface area contributed by atoms with Gasteiger partial charge in [0, 0.05) is 4.88 Å². The number of thiophene rings is 1. The molecule has 1 atom stereocenters. The van der Waals surface area contributed by atoms with Gasteiger partial charge in [-0.05, 0) is 42.3 Å². The monoisotopic (exact) mass is 307 g/mol. The highest BCUT2D eigenvalue weighted by Gasteiger charge is 2.24. The van der Waals surface area contributed by atoms with Gasteiger partial charge in [-0.3, -0.25) is 4.79 Å². The van der Waals surface area contributed by atoms with E-state index in [0.29, 0.717) is 11.3 Å². The van der Waals surface area contributed by atoms with Crippen LogP contribution < -0.4 is 11.1 Å². The van der Waals surface area contributed by atoms with E-state index in [2.05, 4.69) is 21.7 Å². The predicted octanol–water partition coefficient (Wildman–Crippen LogP) is 3.19. The Labute approximate surface area is 126 Å². The van der Waals surface area contributed by atoms with E-state index in [-0.39, 0.29) is 17.1 Å². The number of nitrogens with one attached hydrogen (secondary N) is 1. The van der Waals surface area contributed by atoms with Crippen molar-refractivity contribution in [2.45, 2.75) is 25.3 Å². The van der Waals surface area contributed by atoms with Crippen molar-refractivity contribution in [2.24, 2.45) is 0 Å². The Bertz CT molecular complexity index is 656. The Morgan fingerprint density at radius 1 is 1.55 bits per heavy atom. The maximum Gasteiger partial charge on any atom is 0.254 e. The molecular weight excluding hydrogens is 294 g/mol. The fourth-order valence-electron chi connectivity index (χ4n) is 2.50. The summed E-state index contributed by atoms with van der Waals surface area (Å²) in [7, 11) is 0. The summed E-state index contributed by atoms with van der Waals surface area (Å²) >= 11 is 7.71. The molecule has 0 fully saturated rings. The van der Waals surface area contributed by atoms with Crippen LogP contribution >= 0.6 is 22.9 Å². The summed E-state index contributed by atoms with van der Waals surface area (Å²) in [5.74, 6) is -0.223. The zero-order valence-electron chi connectivity index (χ0n) is 10.7. The molecule has 3 N–H and O–H groups in total.